The van der Waals surface area contributed by atoms with E-state index in [-0.39, 0.29) is 0 Å². The molecule has 15 heavy (non-hydrogen) atoms. The summed E-state index contributed by atoms with van der Waals surface area (Å²) in [6.07, 6.45) is 4.22. The number of rotatable bonds is 5. The van der Waals surface area contributed by atoms with Crippen LogP contribution in [0.1, 0.15) is 33.1 Å². The second-order valence-corrected chi connectivity index (χ2v) is 5.50. The maximum absolute atomic E-state index is 5.64. The summed E-state index contributed by atoms with van der Waals surface area (Å²) in [5.41, 5.74) is 0. The minimum Gasteiger partial charge on any atom is -0.377 e. The lowest BCUT2D eigenvalue weighted by atomic mass is 10.1. The molecule has 0 amide bonds. The van der Waals surface area contributed by atoms with Gasteiger partial charge in [-0.2, -0.15) is 0 Å². The SMILES string of the molecule is CC(CCBr)CCN1CCCOC(C)C1. The summed E-state index contributed by atoms with van der Waals surface area (Å²) in [6.45, 7) is 9.03. The van der Waals surface area contributed by atoms with Crippen molar-refractivity contribution in [3.05, 3.63) is 0 Å². The van der Waals surface area contributed by atoms with Gasteiger partial charge in [-0.1, -0.05) is 22.9 Å². The summed E-state index contributed by atoms with van der Waals surface area (Å²) in [6, 6.07) is 0. The molecule has 0 aromatic heterocycles. The first kappa shape index (κ1) is 13.5. The zero-order chi connectivity index (χ0) is 11.1. The molecule has 1 heterocycles. The van der Waals surface area contributed by atoms with E-state index in [1.165, 1.54) is 32.4 Å². The van der Waals surface area contributed by atoms with Gasteiger partial charge >= 0.3 is 0 Å². The predicted molar refractivity (Wildman–Crippen MR) is 68.7 cm³/mol. The average molecular weight is 278 g/mol. The Labute approximate surface area is 102 Å². The normalized spacial score (nSPS) is 26.2. The lowest BCUT2D eigenvalue weighted by Gasteiger charge is -2.23. The summed E-state index contributed by atoms with van der Waals surface area (Å²) in [7, 11) is 0. The van der Waals surface area contributed by atoms with Gasteiger partial charge in [-0.3, -0.25) is 0 Å². The number of nitrogens with zero attached hydrogens (tertiary/aromatic N) is 1. The van der Waals surface area contributed by atoms with E-state index in [9.17, 15) is 0 Å². The Kier molecular flexibility index (Phi) is 6.86. The van der Waals surface area contributed by atoms with E-state index in [1.54, 1.807) is 0 Å². The molecule has 1 aliphatic heterocycles. The molecular formula is C12H24BrNO. The van der Waals surface area contributed by atoms with Crippen LogP contribution in [0.4, 0.5) is 0 Å². The molecule has 0 spiro atoms. The quantitative estimate of drug-likeness (QED) is 0.717. The largest absolute Gasteiger partial charge is 0.377 e. The van der Waals surface area contributed by atoms with Crippen molar-refractivity contribution in [2.75, 3.05) is 31.6 Å². The molecular weight excluding hydrogens is 254 g/mol. The molecule has 1 aliphatic rings. The fraction of sp³-hybridized carbons (Fsp3) is 1.00. The van der Waals surface area contributed by atoms with Gasteiger partial charge in [0.05, 0.1) is 6.10 Å². The van der Waals surface area contributed by atoms with Crippen LogP contribution in [-0.4, -0.2) is 42.6 Å². The Hall–Kier alpha value is 0.400. The standard InChI is InChI=1S/C12H24BrNO/c1-11(4-6-13)5-8-14-7-3-9-15-12(2)10-14/h11-12H,3-10H2,1-2H3. The molecule has 3 heteroatoms. The highest BCUT2D eigenvalue weighted by molar-refractivity contribution is 9.09. The summed E-state index contributed by atoms with van der Waals surface area (Å²) in [5, 5.41) is 1.13. The maximum atomic E-state index is 5.64. The summed E-state index contributed by atoms with van der Waals surface area (Å²) in [4.78, 5) is 2.56. The van der Waals surface area contributed by atoms with Crippen LogP contribution in [0, 0.1) is 5.92 Å². The second kappa shape index (κ2) is 7.64. The molecule has 0 aromatic rings. The third kappa shape index (κ3) is 5.88. The van der Waals surface area contributed by atoms with Crippen molar-refractivity contribution in [1.29, 1.82) is 0 Å². The van der Waals surface area contributed by atoms with Crippen LogP contribution >= 0.6 is 15.9 Å². The summed E-state index contributed by atoms with van der Waals surface area (Å²) < 4.78 is 5.64. The number of ether oxygens (including phenoxy) is 1. The Morgan fingerprint density at radius 1 is 1.47 bits per heavy atom. The molecule has 0 radical (unpaired) electrons. The summed E-state index contributed by atoms with van der Waals surface area (Å²) in [5.74, 6) is 0.837. The highest BCUT2D eigenvalue weighted by atomic mass is 79.9. The van der Waals surface area contributed by atoms with E-state index in [1.807, 2.05) is 0 Å². The van der Waals surface area contributed by atoms with E-state index in [4.69, 9.17) is 4.74 Å². The maximum Gasteiger partial charge on any atom is 0.0673 e. The third-order valence-electron chi connectivity index (χ3n) is 3.08. The number of hydrogen-bond donors (Lipinski definition) is 0. The lowest BCUT2D eigenvalue weighted by Crippen LogP contribution is -2.31. The van der Waals surface area contributed by atoms with Crippen LogP contribution in [0.25, 0.3) is 0 Å². The Balaban J connectivity index is 2.18. The molecule has 90 valence electrons. The molecule has 0 aliphatic carbocycles. The second-order valence-electron chi connectivity index (χ2n) is 4.71. The van der Waals surface area contributed by atoms with Crippen LogP contribution < -0.4 is 0 Å². The smallest absolute Gasteiger partial charge is 0.0673 e. The molecule has 1 rings (SSSR count). The minimum atomic E-state index is 0.416. The third-order valence-corrected chi connectivity index (χ3v) is 3.53. The topological polar surface area (TPSA) is 12.5 Å². The van der Waals surface area contributed by atoms with Crippen molar-refractivity contribution in [2.24, 2.45) is 5.92 Å². The van der Waals surface area contributed by atoms with Crippen LogP contribution in [0.2, 0.25) is 0 Å². The molecule has 1 saturated heterocycles. The number of hydrogen-bond acceptors (Lipinski definition) is 2. The van der Waals surface area contributed by atoms with Crippen molar-refractivity contribution in [3.63, 3.8) is 0 Å². The van der Waals surface area contributed by atoms with Crippen molar-refractivity contribution in [3.8, 4) is 0 Å². The first-order valence-electron chi connectivity index (χ1n) is 6.12. The van der Waals surface area contributed by atoms with Crippen molar-refractivity contribution >= 4 is 15.9 Å². The average Bonchev–Trinajstić information content (AvgIpc) is 2.40. The van der Waals surface area contributed by atoms with Crippen molar-refractivity contribution in [2.45, 2.75) is 39.2 Å². The van der Waals surface area contributed by atoms with Crippen LogP contribution in [0.15, 0.2) is 0 Å². The minimum absolute atomic E-state index is 0.416. The van der Waals surface area contributed by atoms with Crippen LogP contribution in [-0.2, 0) is 4.74 Å². The monoisotopic (exact) mass is 277 g/mol. The Morgan fingerprint density at radius 3 is 3.00 bits per heavy atom. The van der Waals surface area contributed by atoms with Gasteiger partial charge in [0.2, 0.25) is 0 Å². The molecule has 2 unspecified atom stereocenters. The highest BCUT2D eigenvalue weighted by Gasteiger charge is 2.15. The first-order chi connectivity index (χ1) is 7.22. The zero-order valence-electron chi connectivity index (χ0n) is 10.0. The van der Waals surface area contributed by atoms with E-state index >= 15 is 0 Å². The van der Waals surface area contributed by atoms with Crippen LogP contribution in [0.3, 0.4) is 0 Å². The Bertz CT molecular complexity index is 166. The molecule has 2 nitrogen and oxygen atoms in total. The molecule has 0 N–H and O–H groups in total. The molecule has 2 atom stereocenters. The van der Waals surface area contributed by atoms with Crippen molar-refractivity contribution < 1.29 is 4.74 Å². The van der Waals surface area contributed by atoms with Gasteiger partial charge < -0.3 is 9.64 Å². The van der Waals surface area contributed by atoms with E-state index in [2.05, 4.69) is 34.7 Å². The fourth-order valence-corrected chi connectivity index (χ4v) is 2.80. The molecule has 0 aromatic carbocycles. The van der Waals surface area contributed by atoms with Gasteiger partial charge in [-0.25, -0.2) is 0 Å². The van der Waals surface area contributed by atoms with Gasteiger partial charge in [0.1, 0.15) is 0 Å². The highest BCUT2D eigenvalue weighted by Crippen LogP contribution is 2.12. The Morgan fingerprint density at radius 2 is 2.27 bits per heavy atom. The van der Waals surface area contributed by atoms with Gasteiger partial charge in [-0.05, 0) is 38.6 Å². The number of alkyl halides is 1. The first-order valence-corrected chi connectivity index (χ1v) is 7.24. The van der Waals surface area contributed by atoms with E-state index < -0.39 is 0 Å². The number of halogens is 1. The fourth-order valence-electron chi connectivity index (χ4n) is 2.02. The van der Waals surface area contributed by atoms with Gasteiger partial charge in [0.15, 0.2) is 0 Å². The summed E-state index contributed by atoms with van der Waals surface area (Å²) >= 11 is 3.50. The van der Waals surface area contributed by atoms with E-state index in [0.29, 0.717) is 6.10 Å². The van der Waals surface area contributed by atoms with Gasteiger partial charge in [-0.15, -0.1) is 0 Å². The molecule has 0 bridgehead atoms. The molecule has 1 fully saturated rings. The lowest BCUT2D eigenvalue weighted by molar-refractivity contribution is 0.0671. The van der Waals surface area contributed by atoms with Gasteiger partial charge in [0.25, 0.3) is 0 Å². The van der Waals surface area contributed by atoms with E-state index in [0.717, 1.165) is 24.4 Å². The van der Waals surface area contributed by atoms with Crippen LogP contribution in [0.5, 0.6) is 0 Å². The van der Waals surface area contributed by atoms with Crippen molar-refractivity contribution in [1.82, 2.24) is 4.90 Å². The van der Waals surface area contributed by atoms with Gasteiger partial charge in [0, 0.05) is 25.0 Å². The molecule has 0 saturated carbocycles. The predicted octanol–water partition coefficient (Wildman–Crippen LogP) is 2.91. The zero-order valence-corrected chi connectivity index (χ0v) is 11.6.